The number of rotatable bonds is 10. The predicted molar refractivity (Wildman–Crippen MR) is 127 cm³/mol. The predicted octanol–water partition coefficient (Wildman–Crippen LogP) is 1.89. The van der Waals surface area contributed by atoms with Gasteiger partial charge in [0.15, 0.2) is 17.3 Å². The molecule has 1 saturated heterocycles. The zero-order valence-corrected chi connectivity index (χ0v) is 21.5. The molecule has 4 heterocycles. The smallest absolute Gasteiger partial charge is 0.245 e. The standard InChI is InChI=1S/C20H25ClN8O6S/c1-11(15(32-2)16-22-8-12(21)9-23-16)36(30,31)28-20-27-26-17(13-6-5-7-35-13)29(20)14-18(33-3)24-10-25-19(14)34-4/h8-11,13,15H,5-7H2,1-4H3,(H,27,28)/t11?,13-,15?/m0/s1. The maximum atomic E-state index is 13.5. The van der Waals surface area contributed by atoms with Crippen molar-refractivity contribution in [1.82, 2.24) is 34.7 Å². The quantitative estimate of drug-likeness (QED) is 0.397. The zero-order chi connectivity index (χ0) is 25.9. The number of nitrogens with one attached hydrogen (secondary N) is 1. The average Bonchev–Trinajstić information content (AvgIpc) is 3.54. The molecule has 16 heteroatoms. The Morgan fingerprint density at radius 1 is 1.11 bits per heavy atom. The zero-order valence-electron chi connectivity index (χ0n) is 20.0. The first-order valence-electron chi connectivity index (χ1n) is 10.8. The Morgan fingerprint density at radius 2 is 1.78 bits per heavy atom. The number of hydrogen-bond donors (Lipinski definition) is 1. The highest BCUT2D eigenvalue weighted by Crippen LogP contribution is 2.37. The lowest BCUT2D eigenvalue weighted by Crippen LogP contribution is -2.33. The van der Waals surface area contributed by atoms with Crippen LogP contribution in [-0.2, 0) is 19.5 Å². The molecule has 14 nitrogen and oxygen atoms in total. The summed E-state index contributed by atoms with van der Waals surface area (Å²) in [6.45, 7) is 1.99. The highest BCUT2D eigenvalue weighted by atomic mass is 35.5. The van der Waals surface area contributed by atoms with E-state index in [0.29, 0.717) is 23.9 Å². The van der Waals surface area contributed by atoms with Crippen LogP contribution in [0.5, 0.6) is 11.8 Å². The molecule has 0 spiro atoms. The molecule has 1 aliphatic heterocycles. The maximum absolute atomic E-state index is 13.5. The molecular weight excluding hydrogens is 516 g/mol. The molecule has 194 valence electrons. The minimum absolute atomic E-state index is 0.124. The van der Waals surface area contributed by atoms with Gasteiger partial charge in [-0.1, -0.05) is 11.6 Å². The van der Waals surface area contributed by atoms with Crippen LogP contribution in [0.1, 0.15) is 43.6 Å². The summed E-state index contributed by atoms with van der Waals surface area (Å²) in [4.78, 5) is 16.5. The SMILES string of the molecule is COc1ncnc(OC)c1-n1c(NS(=O)(=O)C(C)C(OC)c2ncc(Cl)cn2)nnc1[C@@H]1CCCO1. The minimum atomic E-state index is -4.14. The van der Waals surface area contributed by atoms with E-state index in [9.17, 15) is 8.42 Å². The molecule has 36 heavy (non-hydrogen) atoms. The fourth-order valence-corrected chi connectivity index (χ4v) is 5.00. The first-order chi connectivity index (χ1) is 17.3. The minimum Gasteiger partial charge on any atom is -0.479 e. The summed E-state index contributed by atoms with van der Waals surface area (Å²) in [6, 6.07) is 0. The van der Waals surface area contributed by atoms with Crippen molar-refractivity contribution in [2.24, 2.45) is 0 Å². The fourth-order valence-electron chi connectivity index (χ4n) is 3.77. The van der Waals surface area contributed by atoms with Gasteiger partial charge in [-0.05, 0) is 19.8 Å². The molecule has 3 aromatic rings. The van der Waals surface area contributed by atoms with Gasteiger partial charge in [0.25, 0.3) is 0 Å². The Bertz CT molecular complexity index is 1280. The Morgan fingerprint density at radius 3 is 2.33 bits per heavy atom. The van der Waals surface area contributed by atoms with Gasteiger partial charge in [0.1, 0.15) is 23.8 Å². The maximum Gasteiger partial charge on any atom is 0.245 e. The number of anilines is 1. The van der Waals surface area contributed by atoms with Gasteiger partial charge >= 0.3 is 0 Å². The molecule has 0 amide bonds. The van der Waals surface area contributed by atoms with Crippen LogP contribution < -0.4 is 14.2 Å². The van der Waals surface area contributed by atoms with Gasteiger partial charge in [-0.2, -0.15) is 9.97 Å². The van der Waals surface area contributed by atoms with Crippen LogP contribution in [0.3, 0.4) is 0 Å². The second kappa shape index (κ2) is 10.9. The third-order valence-corrected chi connectivity index (χ3v) is 7.46. The molecule has 3 atom stereocenters. The second-order valence-electron chi connectivity index (χ2n) is 7.73. The van der Waals surface area contributed by atoms with Crippen LogP contribution in [0, 0.1) is 0 Å². The van der Waals surface area contributed by atoms with Gasteiger partial charge in [0.2, 0.25) is 27.7 Å². The molecule has 1 aliphatic rings. The van der Waals surface area contributed by atoms with Crippen molar-refractivity contribution < 1.29 is 27.4 Å². The molecular formula is C20H25ClN8O6S. The van der Waals surface area contributed by atoms with Crippen molar-refractivity contribution in [3.05, 3.63) is 35.4 Å². The second-order valence-corrected chi connectivity index (χ2v) is 10.2. The molecule has 2 unspecified atom stereocenters. The number of methoxy groups -OCH3 is 3. The Hall–Kier alpha value is -3.14. The van der Waals surface area contributed by atoms with E-state index in [0.717, 1.165) is 6.42 Å². The summed E-state index contributed by atoms with van der Waals surface area (Å²) in [6.07, 6.45) is 4.03. The van der Waals surface area contributed by atoms with Crippen LogP contribution in [0.4, 0.5) is 5.95 Å². The lowest BCUT2D eigenvalue weighted by Gasteiger charge is -2.22. The summed E-state index contributed by atoms with van der Waals surface area (Å²) >= 11 is 5.86. The third kappa shape index (κ3) is 5.04. The van der Waals surface area contributed by atoms with E-state index >= 15 is 0 Å². The fraction of sp³-hybridized carbons (Fsp3) is 0.500. The van der Waals surface area contributed by atoms with Crippen molar-refractivity contribution in [2.45, 2.75) is 37.2 Å². The molecule has 0 aromatic carbocycles. The molecule has 0 saturated carbocycles. The third-order valence-electron chi connectivity index (χ3n) is 5.57. The lowest BCUT2D eigenvalue weighted by molar-refractivity contribution is 0.0950. The van der Waals surface area contributed by atoms with E-state index in [1.807, 2.05) is 0 Å². The number of hydrogen-bond acceptors (Lipinski definition) is 12. The topological polar surface area (TPSA) is 165 Å². The van der Waals surface area contributed by atoms with E-state index in [2.05, 4.69) is 34.9 Å². The van der Waals surface area contributed by atoms with E-state index < -0.39 is 27.5 Å². The molecule has 3 aromatic heterocycles. The average molecular weight is 541 g/mol. The van der Waals surface area contributed by atoms with Gasteiger partial charge < -0.3 is 18.9 Å². The van der Waals surface area contributed by atoms with E-state index in [1.54, 1.807) is 0 Å². The summed E-state index contributed by atoms with van der Waals surface area (Å²) in [5.41, 5.74) is 0.215. The van der Waals surface area contributed by atoms with Gasteiger partial charge in [-0.3, -0.25) is 9.29 Å². The number of sulfonamides is 1. The summed E-state index contributed by atoms with van der Waals surface area (Å²) in [7, 11) is 0.0659. The van der Waals surface area contributed by atoms with E-state index in [4.69, 9.17) is 30.5 Å². The largest absolute Gasteiger partial charge is 0.479 e. The number of nitrogens with zero attached hydrogens (tertiary/aromatic N) is 7. The summed E-state index contributed by atoms with van der Waals surface area (Å²) in [5, 5.41) is 7.50. The monoisotopic (exact) mass is 540 g/mol. The van der Waals surface area contributed by atoms with Crippen LogP contribution >= 0.6 is 11.6 Å². The molecule has 0 aliphatic carbocycles. The number of halogens is 1. The van der Waals surface area contributed by atoms with Gasteiger partial charge in [0, 0.05) is 26.1 Å². The van der Waals surface area contributed by atoms with Crippen molar-refractivity contribution >= 4 is 27.6 Å². The van der Waals surface area contributed by atoms with Crippen molar-refractivity contribution in [1.29, 1.82) is 0 Å². The molecule has 1 fully saturated rings. The Kier molecular flexibility index (Phi) is 7.82. The van der Waals surface area contributed by atoms with Crippen LogP contribution in [0.15, 0.2) is 18.7 Å². The van der Waals surface area contributed by atoms with Gasteiger partial charge in [0.05, 0.1) is 19.2 Å². The molecule has 4 rings (SSSR count). The first-order valence-corrected chi connectivity index (χ1v) is 12.7. The first kappa shape index (κ1) is 25.9. The summed E-state index contributed by atoms with van der Waals surface area (Å²) in [5.74, 6) is 0.609. The van der Waals surface area contributed by atoms with E-state index in [-0.39, 0.29) is 29.2 Å². The Labute approximate surface area is 212 Å². The molecule has 0 radical (unpaired) electrons. The van der Waals surface area contributed by atoms with Crippen LogP contribution in [0.25, 0.3) is 5.69 Å². The molecule has 0 bridgehead atoms. The van der Waals surface area contributed by atoms with Gasteiger partial charge in [-0.25, -0.2) is 18.4 Å². The Balaban J connectivity index is 1.77. The highest BCUT2D eigenvalue weighted by molar-refractivity contribution is 7.93. The van der Waals surface area contributed by atoms with Gasteiger partial charge in [-0.15, -0.1) is 10.2 Å². The lowest BCUT2D eigenvalue weighted by atomic mass is 10.2. The van der Waals surface area contributed by atoms with Crippen molar-refractivity contribution in [3.8, 4) is 17.4 Å². The molecule has 1 N–H and O–H groups in total. The highest BCUT2D eigenvalue weighted by Gasteiger charge is 2.36. The number of ether oxygens (including phenoxy) is 4. The number of aromatic nitrogens is 7. The van der Waals surface area contributed by atoms with Crippen molar-refractivity contribution in [3.63, 3.8) is 0 Å². The normalized spacial score (nSPS) is 17.5. The van der Waals surface area contributed by atoms with E-state index in [1.165, 1.54) is 51.5 Å². The van der Waals surface area contributed by atoms with Crippen molar-refractivity contribution in [2.75, 3.05) is 32.7 Å². The summed E-state index contributed by atoms with van der Waals surface area (Å²) < 4.78 is 52.9. The van der Waals surface area contributed by atoms with Crippen LogP contribution in [-0.4, -0.2) is 76.3 Å². The van der Waals surface area contributed by atoms with Crippen LogP contribution in [0.2, 0.25) is 5.02 Å².